The summed E-state index contributed by atoms with van der Waals surface area (Å²) in [6.45, 7) is 1.71. The minimum absolute atomic E-state index is 0.262. The Balaban J connectivity index is 1.97. The lowest BCUT2D eigenvalue weighted by Crippen LogP contribution is -2.21. The Morgan fingerprint density at radius 2 is 2.04 bits per heavy atom. The van der Waals surface area contributed by atoms with Crippen molar-refractivity contribution >= 4 is 51.4 Å². The highest BCUT2D eigenvalue weighted by atomic mass is 35.5. The number of amides is 1. The van der Waals surface area contributed by atoms with Crippen molar-refractivity contribution in [1.29, 1.82) is 0 Å². The van der Waals surface area contributed by atoms with E-state index in [9.17, 15) is 9.59 Å². The number of carbonyl (C=O) groups excluding carboxylic acids is 2. The summed E-state index contributed by atoms with van der Waals surface area (Å²) < 4.78 is 10.3. The number of halogens is 2. The second kappa shape index (κ2) is 8.19. The van der Waals surface area contributed by atoms with E-state index in [1.807, 2.05) is 0 Å². The highest BCUT2D eigenvalue weighted by Crippen LogP contribution is 2.28. The molecule has 2 rings (SSSR count). The average molecular weight is 374 g/mol. The standard InChI is InChI=1S/C15H13Cl2NO4S/c1-2-21-15(20)10-5-6-23-14(10)18-13(19)8-22-12-7-9(16)3-4-11(12)17/h3-7H,2,8H2,1H3,(H,18,19). The summed E-state index contributed by atoms with van der Waals surface area (Å²) in [5, 5.41) is 5.52. The predicted molar refractivity (Wildman–Crippen MR) is 90.9 cm³/mol. The van der Waals surface area contributed by atoms with Gasteiger partial charge in [0.25, 0.3) is 5.91 Å². The number of anilines is 1. The minimum Gasteiger partial charge on any atom is -0.482 e. The molecule has 1 aromatic carbocycles. The van der Waals surface area contributed by atoms with Crippen molar-refractivity contribution in [3.63, 3.8) is 0 Å². The number of nitrogens with one attached hydrogen (secondary N) is 1. The first-order valence-corrected chi connectivity index (χ1v) is 8.27. The van der Waals surface area contributed by atoms with E-state index in [0.29, 0.717) is 26.4 Å². The van der Waals surface area contributed by atoms with Crippen LogP contribution in [0.5, 0.6) is 5.75 Å². The van der Waals surface area contributed by atoms with Gasteiger partial charge in [0.2, 0.25) is 0 Å². The van der Waals surface area contributed by atoms with Gasteiger partial charge in [-0.3, -0.25) is 4.79 Å². The monoisotopic (exact) mass is 373 g/mol. The zero-order valence-electron chi connectivity index (χ0n) is 12.1. The third-order valence-electron chi connectivity index (χ3n) is 2.67. The third kappa shape index (κ3) is 4.86. The normalized spacial score (nSPS) is 10.2. The van der Waals surface area contributed by atoms with Crippen molar-refractivity contribution in [2.75, 3.05) is 18.5 Å². The highest BCUT2D eigenvalue weighted by molar-refractivity contribution is 7.14. The molecular formula is C15H13Cl2NO4S. The van der Waals surface area contributed by atoms with Crippen LogP contribution in [-0.4, -0.2) is 25.1 Å². The average Bonchev–Trinajstić information content (AvgIpc) is 2.96. The lowest BCUT2D eigenvalue weighted by Gasteiger charge is -2.09. The Hall–Kier alpha value is -1.76. The summed E-state index contributed by atoms with van der Waals surface area (Å²) in [5.74, 6) is -0.594. The van der Waals surface area contributed by atoms with Crippen LogP contribution < -0.4 is 10.1 Å². The molecule has 2 aromatic rings. The van der Waals surface area contributed by atoms with Gasteiger partial charge in [0.05, 0.1) is 17.2 Å². The Bertz CT molecular complexity index is 717. The van der Waals surface area contributed by atoms with E-state index in [1.54, 1.807) is 30.5 Å². The first-order valence-electron chi connectivity index (χ1n) is 6.63. The van der Waals surface area contributed by atoms with Crippen LogP contribution in [0.1, 0.15) is 17.3 Å². The first kappa shape index (κ1) is 17.6. The zero-order valence-corrected chi connectivity index (χ0v) is 14.4. The number of hydrogen-bond acceptors (Lipinski definition) is 5. The van der Waals surface area contributed by atoms with E-state index in [2.05, 4.69) is 5.32 Å². The molecule has 122 valence electrons. The van der Waals surface area contributed by atoms with Crippen molar-refractivity contribution in [3.05, 3.63) is 45.3 Å². The van der Waals surface area contributed by atoms with Gasteiger partial charge in [-0.1, -0.05) is 23.2 Å². The van der Waals surface area contributed by atoms with Gasteiger partial charge in [0.1, 0.15) is 10.8 Å². The highest BCUT2D eigenvalue weighted by Gasteiger charge is 2.16. The van der Waals surface area contributed by atoms with Crippen molar-refractivity contribution in [2.24, 2.45) is 0 Å². The van der Waals surface area contributed by atoms with E-state index in [1.165, 1.54) is 17.4 Å². The molecule has 0 saturated carbocycles. The minimum atomic E-state index is -0.483. The molecule has 0 aliphatic carbocycles. The van der Waals surface area contributed by atoms with Crippen LogP contribution >= 0.6 is 34.5 Å². The fourth-order valence-electron chi connectivity index (χ4n) is 1.67. The molecule has 23 heavy (non-hydrogen) atoms. The van der Waals surface area contributed by atoms with Crippen LogP contribution in [0.4, 0.5) is 5.00 Å². The number of carbonyl (C=O) groups is 2. The lowest BCUT2D eigenvalue weighted by molar-refractivity contribution is -0.118. The van der Waals surface area contributed by atoms with Crippen molar-refractivity contribution < 1.29 is 19.1 Å². The third-order valence-corrected chi connectivity index (χ3v) is 4.04. The van der Waals surface area contributed by atoms with Crippen LogP contribution in [0.2, 0.25) is 10.0 Å². The van der Waals surface area contributed by atoms with Gasteiger partial charge in [-0.2, -0.15) is 0 Å². The molecule has 1 amide bonds. The van der Waals surface area contributed by atoms with E-state index >= 15 is 0 Å². The maximum Gasteiger partial charge on any atom is 0.341 e. The molecule has 0 saturated heterocycles. The number of thiophene rings is 1. The van der Waals surface area contributed by atoms with Gasteiger partial charge in [0, 0.05) is 11.1 Å². The molecule has 8 heteroatoms. The van der Waals surface area contributed by atoms with Gasteiger partial charge in [0.15, 0.2) is 6.61 Å². The summed E-state index contributed by atoms with van der Waals surface area (Å²) in [7, 11) is 0. The van der Waals surface area contributed by atoms with Crippen LogP contribution in [0.25, 0.3) is 0 Å². The summed E-state index contributed by atoms with van der Waals surface area (Å²) >= 11 is 13.0. The van der Waals surface area contributed by atoms with Gasteiger partial charge < -0.3 is 14.8 Å². The Kier molecular flexibility index (Phi) is 6.27. The zero-order chi connectivity index (χ0) is 16.8. The first-order chi connectivity index (χ1) is 11.0. The number of rotatable bonds is 6. The Labute approximate surface area is 147 Å². The van der Waals surface area contributed by atoms with Crippen LogP contribution in [0.3, 0.4) is 0 Å². The van der Waals surface area contributed by atoms with Crippen molar-refractivity contribution in [1.82, 2.24) is 0 Å². The fraction of sp³-hybridized carbons (Fsp3) is 0.200. The van der Waals surface area contributed by atoms with Gasteiger partial charge in [-0.05, 0) is 30.5 Å². The molecule has 1 aromatic heterocycles. The quantitative estimate of drug-likeness (QED) is 0.768. The molecule has 0 atom stereocenters. The number of benzene rings is 1. The molecule has 0 radical (unpaired) electrons. The summed E-state index contributed by atoms with van der Waals surface area (Å²) in [4.78, 5) is 23.7. The second-order valence-corrected chi connectivity index (χ2v) is 6.06. The molecule has 0 aliphatic rings. The molecule has 5 nitrogen and oxygen atoms in total. The van der Waals surface area contributed by atoms with E-state index in [-0.39, 0.29) is 13.2 Å². The summed E-state index contributed by atoms with van der Waals surface area (Å²) in [6, 6.07) is 6.31. The van der Waals surface area contributed by atoms with Gasteiger partial charge >= 0.3 is 5.97 Å². The maximum atomic E-state index is 12.0. The Morgan fingerprint density at radius 1 is 1.26 bits per heavy atom. The van der Waals surface area contributed by atoms with Crippen molar-refractivity contribution in [3.8, 4) is 5.75 Å². The van der Waals surface area contributed by atoms with Crippen LogP contribution in [0.15, 0.2) is 29.6 Å². The smallest absolute Gasteiger partial charge is 0.341 e. The lowest BCUT2D eigenvalue weighted by atomic mass is 10.3. The van der Waals surface area contributed by atoms with E-state index in [0.717, 1.165) is 0 Å². The van der Waals surface area contributed by atoms with Crippen LogP contribution in [0, 0.1) is 0 Å². The summed E-state index contributed by atoms with van der Waals surface area (Å²) in [6.07, 6.45) is 0. The molecule has 0 aliphatic heterocycles. The predicted octanol–water partition coefficient (Wildman–Crippen LogP) is 4.25. The molecule has 0 unspecified atom stereocenters. The van der Waals surface area contributed by atoms with Gasteiger partial charge in [-0.25, -0.2) is 4.79 Å². The van der Waals surface area contributed by atoms with E-state index in [4.69, 9.17) is 32.7 Å². The molecule has 0 bridgehead atoms. The molecular weight excluding hydrogens is 361 g/mol. The molecule has 1 N–H and O–H groups in total. The molecule has 0 fully saturated rings. The fourth-order valence-corrected chi connectivity index (χ4v) is 2.79. The molecule has 1 heterocycles. The summed E-state index contributed by atoms with van der Waals surface area (Å²) in [5.41, 5.74) is 0.311. The number of hydrogen-bond donors (Lipinski definition) is 1. The second-order valence-electron chi connectivity index (χ2n) is 4.30. The Morgan fingerprint density at radius 3 is 2.78 bits per heavy atom. The van der Waals surface area contributed by atoms with E-state index < -0.39 is 11.9 Å². The maximum absolute atomic E-state index is 12.0. The number of esters is 1. The van der Waals surface area contributed by atoms with Crippen LogP contribution in [-0.2, 0) is 9.53 Å². The molecule has 0 spiro atoms. The SMILES string of the molecule is CCOC(=O)c1ccsc1NC(=O)COc1cc(Cl)ccc1Cl. The number of ether oxygens (including phenoxy) is 2. The largest absolute Gasteiger partial charge is 0.482 e. The van der Waals surface area contributed by atoms with Crippen molar-refractivity contribution in [2.45, 2.75) is 6.92 Å². The van der Waals surface area contributed by atoms with Gasteiger partial charge in [-0.15, -0.1) is 11.3 Å². The topological polar surface area (TPSA) is 64.6 Å².